The molecule has 1 saturated carbocycles. The van der Waals surface area contributed by atoms with E-state index in [-0.39, 0.29) is 17.5 Å². The lowest BCUT2D eigenvalue weighted by molar-refractivity contribution is 0.161. The number of anilines is 2. The van der Waals surface area contributed by atoms with Crippen LogP contribution >= 0.6 is 23.1 Å². The van der Waals surface area contributed by atoms with Gasteiger partial charge in [-0.25, -0.2) is 23.4 Å². The van der Waals surface area contributed by atoms with Crippen molar-refractivity contribution in [3.63, 3.8) is 0 Å². The molecule has 1 aromatic carbocycles. The highest BCUT2D eigenvalue weighted by atomic mass is 32.2. The number of benzene rings is 1. The van der Waals surface area contributed by atoms with Crippen LogP contribution in [0.2, 0.25) is 0 Å². The lowest BCUT2D eigenvalue weighted by Gasteiger charge is -2.39. The highest BCUT2D eigenvalue weighted by Crippen LogP contribution is 2.38. The largest absolute Gasteiger partial charge is 0.389 e. The van der Waals surface area contributed by atoms with Crippen LogP contribution in [0.15, 0.2) is 40.4 Å². The number of rotatable bonds is 7. The van der Waals surface area contributed by atoms with E-state index in [0.717, 1.165) is 47.5 Å². The molecule has 1 spiro atoms. The predicted molar refractivity (Wildman–Crippen MR) is 142 cm³/mol. The van der Waals surface area contributed by atoms with Gasteiger partial charge in [0.2, 0.25) is 16.0 Å². The Bertz CT molecular complexity index is 1360. The molecular formula is C23H29N7O3S3. The van der Waals surface area contributed by atoms with Gasteiger partial charge in [0.25, 0.3) is 0 Å². The number of aliphatic hydroxyl groups is 1. The number of nitrogens with one attached hydrogen (secondary N) is 3. The van der Waals surface area contributed by atoms with Gasteiger partial charge in [0.1, 0.15) is 0 Å². The first-order valence-electron chi connectivity index (χ1n) is 12.0. The Kier molecular flexibility index (Phi) is 6.33. The maximum atomic E-state index is 13.3. The Morgan fingerprint density at radius 3 is 2.61 bits per heavy atom. The van der Waals surface area contributed by atoms with Crippen LogP contribution in [0.5, 0.6) is 0 Å². The summed E-state index contributed by atoms with van der Waals surface area (Å²) < 4.78 is 29.0. The standard InChI is InChI=1S/C23H29N7O3S3/c1-34-14-9-25-21(26-10-14)27-17-4-5-18(20(17)31)29-22-28-16-3-2-15(8-19(16)35-22)36(32,33)30-7-6-23(13-30)11-24-12-23/h2-3,8-10,17-18,20,24,31H,4-7,11-13H2,1H3,(H,28,29)(H,25,26,27)/t17-,18-,20+/m0/s1. The Hall–Kier alpha value is -2.03. The number of fused-ring (bicyclic) bond motifs is 1. The topological polar surface area (TPSA) is 132 Å². The summed E-state index contributed by atoms with van der Waals surface area (Å²) in [5.41, 5.74) is 0.851. The molecule has 2 saturated heterocycles. The number of nitrogens with zero attached hydrogens (tertiary/aromatic N) is 4. The van der Waals surface area contributed by atoms with Crippen LogP contribution in [-0.2, 0) is 10.0 Å². The summed E-state index contributed by atoms with van der Waals surface area (Å²) in [6, 6.07) is 4.81. The molecule has 3 aliphatic rings. The van der Waals surface area contributed by atoms with Crippen molar-refractivity contribution in [1.29, 1.82) is 0 Å². The zero-order chi connectivity index (χ0) is 24.9. The molecule has 0 amide bonds. The van der Waals surface area contributed by atoms with Crippen molar-refractivity contribution in [2.24, 2.45) is 5.41 Å². The zero-order valence-corrected chi connectivity index (χ0v) is 22.3. The summed E-state index contributed by atoms with van der Waals surface area (Å²) in [5.74, 6) is 0.503. The monoisotopic (exact) mass is 547 g/mol. The van der Waals surface area contributed by atoms with Crippen molar-refractivity contribution < 1.29 is 13.5 Å². The summed E-state index contributed by atoms with van der Waals surface area (Å²) in [4.78, 5) is 14.6. The molecule has 0 unspecified atom stereocenters. The smallest absolute Gasteiger partial charge is 0.243 e. The Morgan fingerprint density at radius 1 is 1.19 bits per heavy atom. The molecule has 0 bridgehead atoms. The quantitative estimate of drug-likeness (QED) is 0.326. The number of hydrogen-bond acceptors (Lipinski definition) is 11. The van der Waals surface area contributed by atoms with E-state index in [0.29, 0.717) is 29.1 Å². The second-order valence-corrected chi connectivity index (χ2v) is 13.7. The lowest BCUT2D eigenvalue weighted by atomic mass is 9.81. The van der Waals surface area contributed by atoms with Gasteiger partial charge in [0.15, 0.2) is 5.13 Å². The highest BCUT2D eigenvalue weighted by molar-refractivity contribution is 7.98. The fraction of sp³-hybridized carbons (Fsp3) is 0.522. The van der Waals surface area contributed by atoms with E-state index in [1.807, 2.05) is 6.26 Å². The number of hydrogen-bond donors (Lipinski definition) is 4. The Labute approximate surface area is 218 Å². The van der Waals surface area contributed by atoms with E-state index in [2.05, 4.69) is 30.9 Å². The maximum absolute atomic E-state index is 13.3. The van der Waals surface area contributed by atoms with Crippen LogP contribution in [0.3, 0.4) is 0 Å². The zero-order valence-electron chi connectivity index (χ0n) is 19.8. The van der Waals surface area contributed by atoms with Gasteiger partial charge >= 0.3 is 0 Å². The minimum atomic E-state index is -3.54. The molecule has 3 fully saturated rings. The average Bonchev–Trinajstić information content (AvgIpc) is 3.57. The molecule has 10 nitrogen and oxygen atoms in total. The average molecular weight is 548 g/mol. The molecular weight excluding hydrogens is 519 g/mol. The first kappa shape index (κ1) is 24.3. The Balaban J connectivity index is 1.13. The van der Waals surface area contributed by atoms with Crippen LogP contribution in [0.4, 0.5) is 11.1 Å². The first-order valence-corrected chi connectivity index (χ1v) is 15.5. The third-order valence-corrected chi connectivity index (χ3v) is 11.0. The van der Waals surface area contributed by atoms with E-state index in [1.54, 1.807) is 46.7 Å². The van der Waals surface area contributed by atoms with Gasteiger partial charge in [-0.05, 0) is 43.7 Å². The van der Waals surface area contributed by atoms with E-state index < -0.39 is 16.1 Å². The van der Waals surface area contributed by atoms with E-state index in [9.17, 15) is 13.5 Å². The molecule has 192 valence electrons. The summed E-state index contributed by atoms with van der Waals surface area (Å²) in [5, 5.41) is 21.4. The van der Waals surface area contributed by atoms with Crippen molar-refractivity contribution in [2.45, 2.75) is 47.2 Å². The van der Waals surface area contributed by atoms with E-state index in [4.69, 9.17) is 0 Å². The summed E-state index contributed by atoms with van der Waals surface area (Å²) in [6.07, 6.45) is 7.30. The van der Waals surface area contributed by atoms with Crippen LogP contribution in [0.25, 0.3) is 10.2 Å². The van der Waals surface area contributed by atoms with Crippen LogP contribution in [0.1, 0.15) is 19.3 Å². The summed E-state index contributed by atoms with van der Waals surface area (Å²) >= 11 is 2.99. The fourth-order valence-electron chi connectivity index (χ4n) is 5.26. The van der Waals surface area contributed by atoms with Gasteiger partial charge in [-0.1, -0.05) is 11.3 Å². The van der Waals surface area contributed by atoms with Gasteiger partial charge < -0.3 is 21.1 Å². The van der Waals surface area contributed by atoms with Crippen LogP contribution < -0.4 is 16.0 Å². The molecule has 4 N–H and O–H groups in total. The van der Waals surface area contributed by atoms with Gasteiger partial charge in [0.05, 0.1) is 33.3 Å². The molecule has 4 heterocycles. The Morgan fingerprint density at radius 2 is 1.94 bits per heavy atom. The van der Waals surface area contributed by atoms with Crippen molar-refractivity contribution in [3.8, 4) is 0 Å². The lowest BCUT2D eigenvalue weighted by Crippen LogP contribution is -2.55. The van der Waals surface area contributed by atoms with Gasteiger partial charge in [-0.3, -0.25) is 0 Å². The third-order valence-electron chi connectivity index (χ3n) is 7.50. The fourth-order valence-corrected chi connectivity index (χ4v) is 8.20. The molecule has 6 rings (SSSR count). The number of thiazole rings is 1. The second kappa shape index (κ2) is 9.37. The predicted octanol–water partition coefficient (Wildman–Crippen LogP) is 2.21. The first-order chi connectivity index (χ1) is 17.3. The summed E-state index contributed by atoms with van der Waals surface area (Å²) in [7, 11) is -3.54. The molecule has 1 aliphatic carbocycles. The number of aromatic nitrogens is 3. The molecule has 2 aliphatic heterocycles. The van der Waals surface area contributed by atoms with Crippen molar-refractivity contribution >= 4 is 54.4 Å². The van der Waals surface area contributed by atoms with Crippen molar-refractivity contribution in [3.05, 3.63) is 30.6 Å². The van der Waals surface area contributed by atoms with Gasteiger partial charge in [-0.2, -0.15) is 4.31 Å². The minimum absolute atomic E-state index is 0.109. The molecule has 3 atom stereocenters. The van der Waals surface area contributed by atoms with Crippen LogP contribution in [0, 0.1) is 5.41 Å². The van der Waals surface area contributed by atoms with Crippen LogP contribution in [-0.4, -0.2) is 83.4 Å². The maximum Gasteiger partial charge on any atom is 0.243 e. The molecule has 3 aromatic rings. The minimum Gasteiger partial charge on any atom is -0.389 e. The highest BCUT2D eigenvalue weighted by Gasteiger charge is 2.46. The SMILES string of the molecule is CSc1cnc(N[C@H]2CC[C@H](Nc3nc4ccc(S(=O)(=O)N5CCC6(CNC6)C5)cc4s3)[C@@H]2O)nc1. The summed E-state index contributed by atoms with van der Waals surface area (Å²) in [6.45, 7) is 2.93. The molecule has 0 radical (unpaired) electrons. The number of thioether (sulfide) groups is 1. The third kappa shape index (κ3) is 4.45. The number of sulfonamides is 1. The van der Waals surface area contributed by atoms with E-state index in [1.165, 1.54) is 11.3 Å². The van der Waals surface area contributed by atoms with Crippen molar-refractivity contribution in [2.75, 3.05) is 43.1 Å². The van der Waals surface area contributed by atoms with E-state index >= 15 is 0 Å². The van der Waals surface area contributed by atoms with Gasteiger partial charge in [-0.15, -0.1) is 11.8 Å². The molecule has 2 aromatic heterocycles. The number of aliphatic hydroxyl groups excluding tert-OH is 1. The van der Waals surface area contributed by atoms with Crippen molar-refractivity contribution in [1.82, 2.24) is 24.6 Å². The van der Waals surface area contributed by atoms with Gasteiger partial charge in [0, 0.05) is 48.9 Å². The normalized spacial score (nSPS) is 25.9. The molecule has 36 heavy (non-hydrogen) atoms. The molecule has 13 heteroatoms. The second-order valence-electron chi connectivity index (χ2n) is 9.86.